The van der Waals surface area contributed by atoms with E-state index in [0.717, 1.165) is 11.1 Å². The van der Waals surface area contributed by atoms with E-state index in [2.05, 4.69) is 15.5 Å². The van der Waals surface area contributed by atoms with Crippen LogP contribution in [0.1, 0.15) is 29.5 Å². The Morgan fingerprint density at radius 3 is 2.66 bits per heavy atom. The number of hydrogen-bond donors (Lipinski definition) is 3. The van der Waals surface area contributed by atoms with Crippen molar-refractivity contribution in [1.82, 2.24) is 15.5 Å². The van der Waals surface area contributed by atoms with E-state index in [4.69, 9.17) is 24.1 Å². The Kier molecular flexibility index (Phi) is 10.5. The maximum Gasteiger partial charge on any atom is 0.258 e. The molecule has 2 heterocycles. The molecule has 0 spiro atoms. The van der Waals surface area contributed by atoms with Crippen molar-refractivity contribution in [2.45, 2.75) is 44.5 Å². The number of nitrogens with one attached hydrogen (secondary N) is 2. The van der Waals surface area contributed by atoms with Crippen LogP contribution in [0.15, 0.2) is 60.7 Å². The number of carbonyl (C=O) groups is 2. The molecule has 0 saturated carbocycles. The van der Waals surface area contributed by atoms with Crippen molar-refractivity contribution in [2.24, 2.45) is 0 Å². The molecule has 3 aromatic carbocycles. The fraction of sp³-hybridized carbons (Fsp3) is 0.394. The molecule has 1 saturated heterocycles. The van der Waals surface area contributed by atoms with Gasteiger partial charge < -0.3 is 34.7 Å². The van der Waals surface area contributed by atoms with Crippen LogP contribution in [0.3, 0.4) is 0 Å². The van der Waals surface area contributed by atoms with E-state index in [1.807, 2.05) is 30.3 Å². The number of rotatable bonds is 6. The third kappa shape index (κ3) is 8.61. The number of aliphatic hydroxyl groups is 1. The van der Waals surface area contributed by atoms with Gasteiger partial charge in [-0.25, -0.2) is 4.39 Å². The first-order valence-electron chi connectivity index (χ1n) is 14.8. The average molecular weight is 608 g/mol. The van der Waals surface area contributed by atoms with Crippen LogP contribution >= 0.6 is 0 Å². The van der Waals surface area contributed by atoms with Crippen LogP contribution < -0.4 is 29.6 Å². The zero-order chi connectivity index (χ0) is 30.9. The normalized spacial score (nSPS) is 19.6. The van der Waals surface area contributed by atoms with Gasteiger partial charge in [-0.3, -0.25) is 14.5 Å². The molecule has 0 radical (unpaired) electrons. The van der Waals surface area contributed by atoms with Crippen molar-refractivity contribution in [2.75, 3.05) is 40.0 Å². The topological polar surface area (TPSA) is 119 Å². The Morgan fingerprint density at radius 1 is 1.02 bits per heavy atom. The molecular weight excluding hydrogens is 569 g/mol. The lowest BCUT2D eigenvalue weighted by molar-refractivity contribution is -0.125. The zero-order valence-corrected chi connectivity index (χ0v) is 24.7. The molecule has 5 rings (SSSR count). The Balaban J connectivity index is 1.35. The van der Waals surface area contributed by atoms with Gasteiger partial charge in [0.15, 0.2) is 18.1 Å². The molecule has 44 heavy (non-hydrogen) atoms. The highest BCUT2D eigenvalue weighted by molar-refractivity contribution is 5.78. The number of methoxy groups -OCH3 is 1. The molecule has 1 fully saturated rings. The number of aliphatic hydroxyl groups excluding tert-OH is 1. The van der Waals surface area contributed by atoms with Gasteiger partial charge in [0.05, 0.1) is 19.8 Å². The Morgan fingerprint density at radius 2 is 1.86 bits per heavy atom. The molecule has 2 aliphatic heterocycles. The molecule has 10 nitrogen and oxygen atoms in total. The molecule has 234 valence electrons. The zero-order valence-electron chi connectivity index (χ0n) is 24.7. The molecule has 11 heteroatoms. The summed E-state index contributed by atoms with van der Waals surface area (Å²) in [5.74, 6) is 0.948. The second-order valence-electron chi connectivity index (χ2n) is 10.9. The van der Waals surface area contributed by atoms with Crippen molar-refractivity contribution in [1.29, 1.82) is 0 Å². The van der Waals surface area contributed by atoms with E-state index in [1.54, 1.807) is 18.2 Å². The van der Waals surface area contributed by atoms with E-state index in [0.29, 0.717) is 61.0 Å². The smallest absolute Gasteiger partial charge is 0.258 e. The summed E-state index contributed by atoms with van der Waals surface area (Å²) in [5.41, 5.74) is 2.51. The summed E-state index contributed by atoms with van der Waals surface area (Å²) < 4.78 is 37.6. The highest BCUT2D eigenvalue weighted by Gasteiger charge is 2.32. The summed E-state index contributed by atoms with van der Waals surface area (Å²) >= 11 is 0. The van der Waals surface area contributed by atoms with Crippen LogP contribution in [0, 0.1) is 5.82 Å². The number of benzene rings is 3. The molecule has 4 bridgehead atoms. The number of aryl methyl sites for hydroxylation is 1. The Hall–Kier alpha value is -4.35. The highest BCUT2D eigenvalue weighted by Crippen LogP contribution is 2.29. The summed E-state index contributed by atoms with van der Waals surface area (Å²) in [4.78, 5) is 28.0. The van der Waals surface area contributed by atoms with Crippen LogP contribution in [-0.4, -0.2) is 74.0 Å². The van der Waals surface area contributed by atoms with E-state index in [-0.39, 0.29) is 44.6 Å². The molecule has 2 atom stereocenters. The van der Waals surface area contributed by atoms with Gasteiger partial charge in [-0.05, 0) is 65.9 Å². The van der Waals surface area contributed by atoms with E-state index >= 15 is 0 Å². The minimum absolute atomic E-state index is 0.0512. The number of ether oxygens (including phenoxy) is 4. The number of piperidine rings is 1. The number of likely N-dealkylation sites (tertiary alicyclic amines) is 1. The fourth-order valence-corrected chi connectivity index (χ4v) is 5.43. The average Bonchev–Trinajstić information content (AvgIpc) is 3.02. The molecule has 3 aromatic rings. The Labute approximate surface area is 256 Å². The van der Waals surface area contributed by atoms with Crippen LogP contribution in [-0.2, 0) is 29.1 Å². The second-order valence-corrected chi connectivity index (χ2v) is 10.9. The number of nitrogens with zero attached hydrogens (tertiary/aromatic N) is 1. The number of carbonyl (C=O) groups excluding carboxylic acids is 2. The van der Waals surface area contributed by atoms with Crippen molar-refractivity contribution >= 4 is 11.8 Å². The lowest BCUT2D eigenvalue weighted by Gasteiger charge is -2.39. The number of amides is 2. The van der Waals surface area contributed by atoms with Crippen molar-refractivity contribution in [3.05, 3.63) is 83.2 Å². The third-order valence-electron chi connectivity index (χ3n) is 7.61. The summed E-state index contributed by atoms with van der Waals surface area (Å²) in [6.07, 6.45) is 0.841. The van der Waals surface area contributed by atoms with Crippen LogP contribution in [0.5, 0.6) is 23.0 Å². The largest absolute Gasteiger partial charge is 0.493 e. The SMILES string of the molecule is COc1ccc2cc1OCC(=O)N[C@@H]1CN(Cc3ccc(OCCO)cc3)CC[C@H]1Oc1cc(F)cc(c1)CNC(=O)CC2. The Bertz CT molecular complexity index is 1440. The fourth-order valence-electron chi connectivity index (χ4n) is 5.43. The van der Waals surface area contributed by atoms with Crippen molar-refractivity contribution in [3.63, 3.8) is 0 Å². The van der Waals surface area contributed by atoms with Gasteiger partial charge in [0.2, 0.25) is 5.91 Å². The van der Waals surface area contributed by atoms with Crippen LogP contribution in [0.25, 0.3) is 0 Å². The van der Waals surface area contributed by atoms with Gasteiger partial charge in [0.25, 0.3) is 5.91 Å². The van der Waals surface area contributed by atoms with Crippen molar-refractivity contribution < 1.29 is 38.0 Å². The van der Waals surface area contributed by atoms with E-state index < -0.39 is 18.0 Å². The van der Waals surface area contributed by atoms with Gasteiger partial charge in [0.1, 0.15) is 30.0 Å². The summed E-state index contributed by atoms with van der Waals surface area (Å²) in [6, 6.07) is 17.1. The molecule has 3 N–H and O–H groups in total. The number of hydrogen-bond acceptors (Lipinski definition) is 8. The molecular formula is C33H38FN3O7. The molecule has 0 aromatic heterocycles. The lowest BCUT2D eigenvalue weighted by atomic mass is 10.0. The van der Waals surface area contributed by atoms with E-state index in [1.165, 1.54) is 19.2 Å². The summed E-state index contributed by atoms with van der Waals surface area (Å²) in [5, 5.41) is 14.9. The van der Waals surface area contributed by atoms with Crippen LogP contribution in [0.2, 0.25) is 0 Å². The van der Waals surface area contributed by atoms with Gasteiger partial charge in [-0.2, -0.15) is 0 Å². The quantitative estimate of drug-likeness (QED) is 0.392. The molecule has 2 aliphatic rings. The minimum atomic E-state index is -0.468. The van der Waals surface area contributed by atoms with E-state index in [9.17, 15) is 14.0 Å². The predicted octanol–water partition coefficient (Wildman–Crippen LogP) is 2.98. The maximum atomic E-state index is 14.6. The first-order chi connectivity index (χ1) is 21.4. The van der Waals surface area contributed by atoms with Gasteiger partial charge in [0, 0.05) is 38.7 Å². The number of halogens is 1. The first kappa shape index (κ1) is 31.1. The van der Waals surface area contributed by atoms with Gasteiger partial charge in [-0.1, -0.05) is 18.2 Å². The molecule has 0 unspecified atom stereocenters. The number of fused-ring (bicyclic) bond motifs is 5. The van der Waals surface area contributed by atoms with Crippen LogP contribution in [0.4, 0.5) is 4.39 Å². The lowest BCUT2D eigenvalue weighted by Crippen LogP contribution is -2.57. The van der Waals surface area contributed by atoms with Gasteiger partial charge >= 0.3 is 0 Å². The highest BCUT2D eigenvalue weighted by atomic mass is 19.1. The van der Waals surface area contributed by atoms with Gasteiger partial charge in [-0.15, -0.1) is 0 Å². The standard InChI is InChI=1S/C33H38FN3O7/c1-41-30-8-4-22-5-9-32(39)35-18-24-14-25(34)17-27(15-24)44-29-10-11-37(19-23-2-6-26(7-3-23)42-13-12-38)20-28(29)36-33(40)21-43-31(30)16-22/h2-4,6-8,14-17,28-29,38H,5,9-13,18-21H2,1H3,(H,35,39)(H,36,40)/t28-,29-/m1/s1. The summed E-state index contributed by atoms with van der Waals surface area (Å²) in [7, 11) is 1.53. The molecule has 2 amide bonds. The summed E-state index contributed by atoms with van der Waals surface area (Å²) in [6.45, 7) is 1.93. The predicted molar refractivity (Wildman–Crippen MR) is 160 cm³/mol. The maximum absolute atomic E-state index is 14.6. The third-order valence-corrected chi connectivity index (χ3v) is 7.61. The minimum Gasteiger partial charge on any atom is -0.493 e. The molecule has 0 aliphatic carbocycles. The first-order valence-corrected chi connectivity index (χ1v) is 14.8. The second kappa shape index (κ2) is 14.9. The van der Waals surface area contributed by atoms with Crippen molar-refractivity contribution in [3.8, 4) is 23.0 Å². The monoisotopic (exact) mass is 607 g/mol.